The minimum Gasteiger partial charge on any atom is -0.377 e. The van der Waals surface area contributed by atoms with Crippen molar-refractivity contribution in [2.24, 2.45) is 4.99 Å². The predicted octanol–water partition coefficient (Wildman–Crippen LogP) is 5.49. The molecule has 1 aliphatic carbocycles. The zero-order valence-electron chi connectivity index (χ0n) is 25.9. The fourth-order valence-electron chi connectivity index (χ4n) is 6.02. The lowest BCUT2D eigenvalue weighted by atomic mass is 9.56. The van der Waals surface area contributed by atoms with Crippen LogP contribution in [0.5, 0.6) is 0 Å². The number of benzene rings is 2. The Labute approximate surface area is 262 Å². The van der Waals surface area contributed by atoms with E-state index in [-0.39, 0.29) is 23.2 Å². The number of anilines is 1. The van der Waals surface area contributed by atoms with E-state index < -0.39 is 20.9 Å². The molecule has 2 heterocycles. The number of unbranched alkanes of at least 4 members (excludes halogenated alkanes) is 1. The van der Waals surface area contributed by atoms with E-state index in [4.69, 9.17) is 29.9 Å². The molecule has 5 rings (SSSR count). The maximum Gasteiger partial charge on any atom is 0.263 e. The lowest BCUT2D eigenvalue weighted by Gasteiger charge is -2.40. The van der Waals surface area contributed by atoms with Crippen molar-refractivity contribution in [3.8, 4) is 11.1 Å². The summed E-state index contributed by atoms with van der Waals surface area (Å²) in [7, 11) is 9.69. The molecule has 3 aromatic rings. The molecule has 44 heavy (non-hydrogen) atoms. The van der Waals surface area contributed by atoms with Gasteiger partial charge in [-0.05, 0) is 68.1 Å². The van der Waals surface area contributed by atoms with Crippen LogP contribution in [0.25, 0.3) is 11.1 Å². The van der Waals surface area contributed by atoms with Gasteiger partial charge in [-0.1, -0.05) is 67.7 Å². The molecule has 2 aromatic carbocycles. The Balaban J connectivity index is 1.56. The average molecular weight is 612 g/mol. The third-order valence-corrected chi connectivity index (χ3v) is 10.0. The first-order valence-electron chi connectivity index (χ1n) is 15.2. The van der Waals surface area contributed by atoms with Crippen LogP contribution in [0.1, 0.15) is 81.2 Å². The zero-order chi connectivity index (χ0) is 31.7. The van der Waals surface area contributed by atoms with Crippen molar-refractivity contribution in [1.82, 2.24) is 10.1 Å². The second kappa shape index (κ2) is 12.6. The highest BCUT2D eigenvalue weighted by Crippen LogP contribution is 2.43. The van der Waals surface area contributed by atoms with Crippen molar-refractivity contribution in [3.05, 3.63) is 64.9 Å². The number of carbonyl (C=O) groups excluding carboxylic acids is 1. The molecule has 1 aromatic heterocycles. The number of carbonyl (C=O) groups is 1. The van der Waals surface area contributed by atoms with E-state index in [2.05, 4.69) is 16.8 Å². The molecular weight excluding hydrogens is 574 g/mol. The van der Waals surface area contributed by atoms with Crippen LogP contribution in [-0.2, 0) is 31.5 Å². The molecule has 1 aliphatic heterocycles. The van der Waals surface area contributed by atoms with Crippen LogP contribution in [-0.4, -0.2) is 58.1 Å². The number of ether oxygens (including phenoxy) is 1. The lowest BCUT2D eigenvalue weighted by molar-refractivity contribution is -0.132. The third kappa shape index (κ3) is 5.86. The number of aromatic nitrogens is 1. The molecule has 2 aliphatic rings. The van der Waals surface area contributed by atoms with Gasteiger partial charge >= 0.3 is 0 Å². The zero-order valence-corrected chi connectivity index (χ0v) is 26.7. The van der Waals surface area contributed by atoms with Gasteiger partial charge in [0.2, 0.25) is 0 Å². The minimum atomic E-state index is -4.06. The Kier molecular flexibility index (Phi) is 9.14. The van der Waals surface area contributed by atoms with Crippen LogP contribution >= 0.6 is 0 Å². The first-order chi connectivity index (χ1) is 20.9. The normalized spacial score (nSPS) is 16.6. The summed E-state index contributed by atoms with van der Waals surface area (Å²) in [6.07, 6.45) is 5.66. The molecular formula is C32H38B2N4O5S. The SMILES string of the molecule is [B]C([B])(c1ccc(-c2ccccc2S(=O)(=O)Nc2noc(C)c2C)c(COCC)c1)N1C(=O)C2(CCCC2)N=C1CCCC. The number of aryl methyl sites for hydroxylation is 1. The number of sulfonamides is 1. The third-order valence-electron chi connectivity index (χ3n) is 8.64. The number of aliphatic imine (C=N–C) groups is 1. The van der Waals surface area contributed by atoms with Crippen molar-refractivity contribution < 1.29 is 22.5 Å². The molecule has 1 spiro atoms. The van der Waals surface area contributed by atoms with Crippen molar-refractivity contribution in [2.45, 2.75) is 95.0 Å². The molecule has 0 unspecified atom stereocenters. The van der Waals surface area contributed by atoms with Crippen molar-refractivity contribution in [2.75, 3.05) is 11.3 Å². The van der Waals surface area contributed by atoms with Crippen LogP contribution in [0.3, 0.4) is 0 Å². The molecule has 4 radical (unpaired) electrons. The molecule has 1 amide bonds. The first kappa shape index (κ1) is 32.0. The molecule has 0 saturated heterocycles. The van der Waals surface area contributed by atoms with E-state index in [1.807, 2.05) is 6.92 Å². The van der Waals surface area contributed by atoms with Gasteiger partial charge in [0.25, 0.3) is 15.9 Å². The maximum absolute atomic E-state index is 13.9. The number of hydrogen-bond donors (Lipinski definition) is 1. The van der Waals surface area contributed by atoms with Crippen LogP contribution in [0.4, 0.5) is 5.82 Å². The second-order valence-corrected chi connectivity index (χ2v) is 13.3. The molecule has 1 fully saturated rings. The molecule has 1 N–H and O–H groups in total. The molecule has 1 saturated carbocycles. The summed E-state index contributed by atoms with van der Waals surface area (Å²) in [5.41, 5.74) is 2.08. The summed E-state index contributed by atoms with van der Waals surface area (Å²) in [6, 6.07) is 12.0. The van der Waals surface area contributed by atoms with E-state index in [1.54, 1.807) is 50.2 Å². The smallest absolute Gasteiger partial charge is 0.263 e. The Hall–Kier alpha value is -3.37. The van der Waals surface area contributed by atoms with E-state index >= 15 is 0 Å². The molecule has 228 valence electrons. The van der Waals surface area contributed by atoms with E-state index in [9.17, 15) is 13.2 Å². The number of hydrogen-bond acceptors (Lipinski definition) is 7. The summed E-state index contributed by atoms with van der Waals surface area (Å²) >= 11 is 0. The van der Waals surface area contributed by atoms with Crippen LogP contribution in [0.2, 0.25) is 0 Å². The standard InChI is InChI=1S/C32H38B2N4O5S/c1-5-7-14-28-35-31(17-10-11-18-31)30(39)38(28)32(33,34)24-15-16-25(23(19-24)20-42-6-2)26-12-8-9-13-27(26)44(40,41)37-29-21(3)22(4)43-36-29/h8-9,12-13,15-16,19H,5-7,10-11,14,17-18,20H2,1-4H3,(H,36,37). The quantitative estimate of drug-likeness (QED) is 0.271. The molecule has 0 atom stereocenters. The number of nitrogens with one attached hydrogen (secondary N) is 1. The summed E-state index contributed by atoms with van der Waals surface area (Å²) in [5, 5.41) is 2.19. The Morgan fingerprint density at radius 2 is 1.82 bits per heavy atom. The van der Waals surface area contributed by atoms with Gasteiger partial charge in [0, 0.05) is 24.2 Å². The fraction of sp³-hybridized carbons (Fsp3) is 0.469. The van der Waals surface area contributed by atoms with Gasteiger partial charge in [-0.15, -0.1) is 0 Å². The maximum atomic E-state index is 13.9. The van der Waals surface area contributed by atoms with Crippen molar-refractivity contribution >= 4 is 43.3 Å². The summed E-state index contributed by atoms with van der Waals surface area (Å²) in [6.45, 7) is 8.03. The highest BCUT2D eigenvalue weighted by Gasteiger charge is 2.53. The van der Waals surface area contributed by atoms with E-state index in [0.29, 0.717) is 65.3 Å². The predicted molar refractivity (Wildman–Crippen MR) is 172 cm³/mol. The number of amides is 1. The Morgan fingerprint density at radius 3 is 2.48 bits per heavy atom. The molecule has 9 nitrogen and oxygen atoms in total. The van der Waals surface area contributed by atoms with Crippen LogP contribution in [0.15, 0.2) is 56.9 Å². The van der Waals surface area contributed by atoms with Crippen molar-refractivity contribution in [3.63, 3.8) is 0 Å². The molecule has 0 bridgehead atoms. The molecule has 12 heteroatoms. The highest BCUT2D eigenvalue weighted by atomic mass is 32.2. The van der Waals surface area contributed by atoms with Gasteiger partial charge in [-0.3, -0.25) is 14.5 Å². The van der Waals surface area contributed by atoms with Gasteiger partial charge in [0.15, 0.2) is 5.82 Å². The van der Waals surface area contributed by atoms with Crippen molar-refractivity contribution in [1.29, 1.82) is 0 Å². The minimum absolute atomic E-state index is 0.0594. The Morgan fingerprint density at radius 1 is 1.09 bits per heavy atom. The number of amidine groups is 1. The largest absolute Gasteiger partial charge is 0.377 e. The van der Waals surface area contributed by atoms with Crippen LogP contribution in [0, 0.1) is 13.8 Å². The van der Waals surface area contributed by atoms with Gasteiger partial charge in [-0.2, -0.15) is 0 Å². The van der Waals surface area contributed by atoms with Gasteiger partial charge in [-0.25, -0.2) is 8.42 Å². The second-order valence-electron chi connectivity index (χ2n) is 11.7. The highest BCUT2D eigenvalue weighted by molar-refractivity contribution is 7.92. The number of nitrogens with zero attached hydrogens (tertiary/aromatic N) is 3. The monoisotopic (exact) mass is 612 g/mol. The fourth-order valence-corrected chi connectivity index (χ4v) is 7.30. The van der Waals surface area contributed by atoms with E-state index in [0.717, 1.165) is 25.7 Å². The van der Waals surface area contributed by atoms with Crippen LogP contribution < -0.4 is 4.72 Å². The number of rotatable bonds is 12. The summed E-state index contributed by atoms with van der Waals surface area (Å²) < 4.78 is 40.8. The Bertz CT molecular complexity index is 1680. The average Bonchev–Trinajstić information content (AvgIpc) is 3.69. The van der Waals surface area contributed by atoms with Gasteiger partial charge in [0.1, 0.15) is 17.1 Å². The van der Waals surface area contributed by atoms with Gasteiger partial charge in [0.05, 0.1) is 27.2 Å². The first-order valence-corrected chi connectivity index (χ1v) is 16.7. The van der Waals surface area contributed by atoms with Gasteiger partial charge < -0.3 is 14.2 Å². The summed E-state index contributed by atoms with van der Waals surface area (Å²) in [4.78, 5) is 20.4. The van der Waals surface area contributed by atoms with E-state index in [1.165, 1.54) is 11.0 Å². The summed E-state index contributed by atoms with van der Waals surface area (Å²) in [5.74, 6) is 1.13. The lowest BCUT2D eigenvalue weighted by Crippen LogP contribution is -2.54. The topological polar surface area (TPSA) is 114 Å².